The number of fused-ring (bicyclic) bond motifs is 1. The fraction of sp³-hybridized carbons (Fsp3) is 0.280. The Labute approximate surface area is 248 Å². The molecule has 4 N–H and O–H groups in total. The molecule has 1 aliphatic heterocycles. The molecular weight excluding hydrogens is 631 g/mol. The quantitative estimate of drug-likeness (QED) is 0.204. The lowest BCUT2D eigenvalue weighted by Crippen LogP contribution is -2.21. The molecule has 3 aromatic heterocycles. The molecule has 0 spiro atoms. The van der Waals surface area contributed by atoms with Crippen molar-refractivity contribution in [2.75, 3.05) is 7.11 Å². The van der Waals surface area contributed by atoms with Gasteiger partial charge in [0.2, 0.25) is 5.88 Å². The van der Waals surface area contributed by atoms with Crippen LogP contribution in [0.4, 0.5) is 13.2 Å². The molecule has 44 heavy (non-hydrogen) atoms. The lowest BCUT2D eigenvalue weighted by atomic mass is 9.88. The number of aromatic nitrogens is 6. The molecule has 0 radical (unpaired) electrons. The van der Waals surface area contributed by atoms with Crippen molar-refractivity contribution in [2.45, 2.75) is 38.4 Å². The average Bonchev–Trinajstić information content (AvgIpc) is 3.55. The van der Waals surface area contributed by atoms with Crippen LogP contribution in [-0.4, -0.2) is 56.0 Å². The van der Waals surface area contributed by atoms with Gasteiger partial charge in [0, 0.05) is 18.7 Å². The number of pyridine rings is 1. The monoisotopic (exact) mass is 658 g/mol. The summed E-state index contributed by atoms with van der Waals surface area (Å²) in [4.78, 5) is 44.3. The van der Waals surface area contributed by atoms with E-state index in [9.17, 15) is 22.3 Å². The predicted octanol–water partition coefficient (Wildman–Crippen LogP) is 4.48. The molecule has 0 aliphatic carbocycles. The second kappa shape index (κ2) is 13.1. The molecule has 1 aliphatic rings. The number of ether oxygens (including phenoxy) is 1. The Bertz CT molecular complexity index is 1730. The normalized spacial score (nSPS) is 15.5. The Morgan fingerprint density at radius 2 is 1.73 bits per heavy atom. The fourth-order valence-corrected chi connectivity index (χ4v) is 5.64. The number of imidazole rings is 1. The maximum Gasteiger partial charge on any atom is 0.478 e. The number of rotatable bonds is 7. The summed E-state index contributed by atoms with van der Waals surface area (Å²) in [5.74, 6) is 0.938. The Morgan fingerprint density at radius 1 is 1.02 bits per heavy atom. The third-order valence-corrected chi connectivity index (χ3v) is 7.90. The van der Waals surface area contributed by atoms with Gasteiger partial charge in [-0.2, -0.15) is 22.6 Å². The standard InChI is InChI=1S/C25H23F3N6O.H4O7P2/c1-16-14-33(15-29-16)21-11-9-17(30-24(21)35-2)10-12-22-31-23-19(7-5-13-34(23)32-22)18-6-3-4-8-20(18)25(26,27)28;1-8(2,3)7-9(4,5)6/h3-4,6,8-12,14-15,19H,5,7,13H2,1-2H3;(H2,1,2,3)(H2,4,5,6)/t19-;/m0./s1. The van der Waals surface area contributed by atoms with Crippen LogP contribution in [0, 0.1) is 6.92 Å². The second-order valence-corrected chi connectivity index (χ2v) is 12.0. The number of methoxy groups -OCH3 is 1. The van der Waals surface area contributed by atoms with Crippen LogP contribution in [0.15, 0.2) is 48.9 Å². The number of nitrogens with zero attached hydrogens (tertiary/aromatic N) is 6. The highest BCUT2D eigenvalue weighted by Crippen LogP contribution is 2.53. The van der Waals surface area contributed by atoms with E-state index in [0.717, 1.165) is 23.9 Å². The molecule has 0 fully saturated rings. The summed E-state index contributed by atoms with van der Waals surface area (Å²) in [7, 11) is -8.55. The fourth-order valence-electron chi connectivity index (χ4n) is 4.53. The van der Waals surface area contributed by atoms with Crippen LogP contribution in [0.25, 0.3) is 17.8 Å². The summed E-state index contributed by atoms with van der Waals surface area (Å²) in [5.41, 5.74) is 1.88. The molecule has 4 heterocycles. The largest absolute Gasteiger partial charge is 0.479 e. The molecule has 1 atom stereocenters. The highest BCUT2D eigenvalue weighted by Gasteiger charge is 2.37. The zero-order valence-corrected chi connectivity index (χ0v) is 24.9. The van der Waals surface area contributed by atoms with Crippen molar-refractivity contribution >= 4 is 27.8 Å². The first-order valence-corrected chi connectivity index (χ1v) is 15.8. The third kappa shape index (κ3) is 8.70. The highest BCUT2D eigenvalue weighted by atomic mass is 31.3. The van der Waals surface area contributed by atoms with Crippen LogP contribution in [0.3, 0.4) is 0 Å². The van der Waals surface area contributed by atoms with Crippen LogP contribution in [0.5, 0.6) is 5.88 Å². The number of hydrogen-bond donors (Lipinski definition) is 4. The molecule has 0 bridgehead atoms. The molecule has 14 nitrogen and oxygen atoms in total. The number of halogens is 3. The number of phosphoric acid groups is 2. The lowest BCUT2D eigenvalue weighted by Gasteiger charge is -2.25. The van der Waals surface area contributed by atoms with Crippen LogP contribution in [0.2, 0.25) is 0 Å². The van der Waals surface area contributed by atoms with E-state index < -0.39 is 33.3 Å². The van der Waals surface area contributed by atoms with Gasteiger partial charge < -0.3 is 28.9 Å². The predicted molar refractivity (Wildman–Crippen MR) is 149 cm³/mol. The van der Waals surface area contributed by atoms with E-state index in [4.69, 9.17) is 24.3 Å². The van der Waals surface area contributed by atoms with E-state index in [0.29, 0.717) is 36.2 Å². The molecule has 4 aromatic rings. The summed E-state index contributed by atoms with van der Waals surface area (Å²) < 4.78 is 72.1. The molecule has 0 amide bonds. The number of benzene rings is 1. The molecule has 5 rings (SSSR count). The van der Waals surface area contributed by atoms with Gasteiger partial charge >= 0.3 is 21.8 Å². The SMILES string of the molecule is COc1nc(C=Cc2nc3n(n2)CCC[C@H]3c2ccccc2C(F)(F)F)ccc1-n1cnc(C)c1.O=P(O)(O)OP(=O)(O)O. The van der Waals surface area contributed by atoms with Crippen LogP contribution >= 0.6 is 15.6 Å². The van der Waals surface area contributed by atoms with Crippen molar-refractivity contribution in [3.05, 3.63) is 83.1 Å². The van der Waals surface area contributed by atoms with Crippen molar-refractivity contribution in [3.8, 4) is 11.6 Å². The van der Waals surface area contributed by atoms with Gasteiger partial charge in [-0.1, -0.05) is 18.2 Å². The Morgan fingerprint density at radius 3 is 2.32 bits per heavy atom. The van der Waals surface area contributed by atoms with Crippen LogP contribution < -0.4 is 4.74 Å². The number of hydrogen-bond acceptors (Lipinski definition) is 8. The summed E-state index contributed by atoms with van der Waals surface area (Å²) in [5, 5.41) is 4.51. The summed E-state index contributed by atoms with van der Waals surface area (Å²) in [6, 6.07) is 9.42. The van der Waals surface area contributed by atoms with Crippen molar-refractivity contribution in [3.63, 3.8) is 0 Å². The van der Waals surface area contributed by atoms with Gasteiger partial charge in [-0.25, -0.2) is 28.8 Å². The molecule has 0 unspecified atom stereocenters. The van der Waals surface area contributed by atoms with Gasteiger partial charge in [-0.15, -0.1) is 0 Å². The summed E-state index contributed by atoms with van der Waals surface area (Å²) in [6.07, 6.45) is 3.92. The molecular formula is C25H27F3N6O8P2. The topological polar surface area (TPSA) is 195 Å². The van der Waals surface area contributed by atoms with Crippen molar-refractivity contribution in [1.82, 2.24) is 29.3 Å². The van der Waals surface area contributed by atoms with E-state index >= 15 is 0 Å². The van der Waals surface area contributed by atoms with Crippen molar-refractivity contribution in [2.24, 2.45) is 0 Å². The lowest BCUT2D eigenvalue weighted by molar-refractivity contribution is -0.138. The molecule has 19 heteroatoms. The zero-order chi connectivity index (χ0) is 32.3. The number of aryl methyl sites for hydroxylation is 2. The van der Waals surface area contributed by atoms with Crippen molar-refractivity contribution < 1.29 is 50.9 Å². The van der Waals surface area contributed by atoms with Gasteiger partial charge in [0.25, 0.3) is 0 Å². The van der Waals surface area contributed by atoms with Gasteiger partial charge in [0.1, 0.15) is 11.5 Å². The smallest absolute Gasteiger partial charge is 0.478 e. The number of alkyl halides is 3. The van der Waals surface area contributed by atoms with E-state index in [2.05, 4.69) is 24.4 Å². The van der Waals surface area contributed by atoms with Gasteiger partial charge in [0.05, 0.1) is 30.4 Å². The minimum atomic E-state index is -5.05. The first-order chi connectivity index (χ1) is 20.5. The zero-order valence-electron chi connectivity index (χ0n) is 23.1. The van der Waals surface area contributed by atoms with Crippen LogP contribution in [-0.2, 0) is 26.2 Å². The molecule has 0 saturated carbocycles. The second-order valence-electron chi connectivity index (χ2n) is 9.41. The summed E-state index contributed by atoms with van der Waals surface area (Å²) >= 11 is 0. The Hall–Kier alpha value is -3.69. The Balaban J connectivity index is 0.000000429. The van der Waals surface area contributed by atoms with E-state index in [1.54, 1.807) is 36.3 Å². The van der Waals surface area contributed by atoms with Gasteiger partial charge in [-0.3, -0.25) is 0 Å². The van der Waals surface area contributed by atoms with Crippen LogP contribution in [0.1, 0.15) is 52.9 Å². The maximum atomic E-state index is 13.6. The maximum absolute atomic E-state index is 13.6. The van der Waals surface area contributed by atoms with Crippen molar-refractivity contribution in [1.29, 1.82) is 0 Å². The molecule has 236 valence electrons. The minimum absolute atomic E-state index is 0.237. The third-order valence-electron chi connectivity index (χ3n) is 6.19. The Kier molecular flexibility index (Phi) is 9.90. The van der Waals surface area contributed by atoms with Gasteiger partial charge in [-0.05, 0) is 55.7 Å². The first-order valence-electron chi connectivity index (χ1n) is 12.7. The molecule has 0 saturated heterocycles. The average molecular weight is 658 g/mol. The first kappa shape index (κ1) is 33.2. The minimum Gasteiger partial charge on any atom is -0.479 e. The highest BCUT2D eigenvalue weighted by molar-refractivity contribution is 7.60. The molecule has 1 aromatic carbocycles. The van der Waals surface area contributed by atoms with E-state index in [-0.39, 0.29) is 5.56 Å². The van der Waals surface area contributed by atoms with E-state index in [1.165, 1.54) is 12.1 Å². The van der Waals surface area contributed by atoms with Gasteiger partial charge in [0.15, 0.2) is 5.82 Å². The van der Waals surface area contributed by atoms with E-state index in [1.807, 2.05) is 29.8 Å². The summed E-state index contributed by atoms with van der Waals surface area (Å²) in [6.45, 7) is 2.52.